The maximum Gasteiger partial charge on any atom is 0.295 e. The molecule has 0 radical (unpaired) electrons. The third-order valence-electron chi connectivity index (χ3n) is 5.31. The van der Waals surface area contributed by atoms with Crippen molar-refractivity contribution in [3.8, 4) is 5.69 Å². The van der Waals surface area contributed by atoms with Crippen LogP contribution in [0, 0.1) is 18.8 Å². The summed E-state index contributed by atoms with van der Waals surface area (Å²) in [4.78, 5) is 26.7. The number of amides is 1. The van der Waals surface area contributed by atoms with Crippen LogP contribution in [0.4, 0.5) is 5.69 Å². The summed E-state index contributed by atoms with van der Waals surface area (Å²) < 4.78 is 3.37. The van der Waals surface area contributed by atoms with Crippen LogP contribution in [-0.2, 0) is 11.8 Å². The average molecular weight is 357 g/mol. The lowest BCUT2D eigenvalue weighted by Crippen LogP contribution is -3.15. The molecule has 1 fully saturated rings. The van der Waals surface area contributed by atoms with Crippen molar-refractivity contribution in [1.82, 2.24) is 9.36 Å². The molecule has 1 saturated heterocycles. The molecule has 26 heavy (non-hydrogen) atoms. The van der Waals surface area contributed by atoms with Crippen molar-refractivity contribution in [1.29, 1.82) is 0 Å². The number of para-hydroxylation sites is 1. The summed E-state index contributed by atoms with van der Waals surface area (Å²) in [6, 6.07) is 9.46. The number of nitrogens with one attached hydrogen (secondary N) is 2. The third kappa shape index (κ3) is 3.75. The quantitative estimate of drug-likeness (QED) is 0.857. The number of benzene rings is 1. The van der Waals surface area contributed by atoms with Crippen molar-refractivity contribution in [2.75, 3.05) is 25.0 Å². The number of anilines is 1. The molecule has 1 aliphatic rings. The highest BCUT2D eigenvalue weighted by molar-refractivity contribution is 5.91. The molecule has 0 saturated carbocycles. The fourth-order valence-electron chi connectivity index (χ4n) is 4.19. The summed E-state index contributed by atoms with van der Waals surface area (Å²) in [5.41, 5.74) is 1.72. The van der Waals surface area contributed by atoms with E-state index in [1.54, 1.807) is 9.36 Å². The molecular formula is C20H29N4O2+. The highest BCUT2D eigenvalue weighted by Gasteiger charge is 2.27. The SMILES string of the molecule is Cc1c(NC(=O)C[NH+]2C[C@@H](C)C[C@H](C)C2)c(=O)n(-c2ccccc2)n1C. The number of piperidine rings is 1. The minimum Gasteiger partial charge on any atom is -0.327 e. The Labute approximate surface area is 154 Å². The van der Waals surface area contributed by atoms with Crippen LogP contribution in [0.1, 0.15) is 26.0 Å². The summed E-state index contributed by atoms with van der Waals surface area (Å²) in [5, 5.41) is 2.87. The second-order valence-electron chi connectivity index (χ2n) is 7.77. The number of rotatable bonds is 4. The molecular weight excluding hydrogens is 328 g/mol. The second kappa shape index (κ2) is 7.50. The van der Waals surface area contributed by atoms with E-state index in [1.165, 1.54) is 11.3 Å². The lowest BCUT2D eigenvalue weighted by atomic mass is 9.92. The van der Waals surface area contributed by atoms with Gasteiger partial charge in [-0.05, 0) is 25.5 Å². The van der Waals surface area contributed by atoms with Gasteiger partial charge in [0.05, 0.1) is 24.5 Å². The maximum atomic E-state index is 12.9. The number of aromatic nitrogens is 2. The Morgan fingerprint density at radius 3 is 2.42 bits per heavy atom. The summed E-state index contributed by atoms with van der Waals surface area (Å²) in [5.74, 6) is 1.18. The molecule has 6 nitrogen and oxygen atoms in total. The maximum absolute atomic E-state index is 12.9. The first-order valence-electron chi connectivity index (χ1n) is 9.34. The van der Waals surface area contributed by atoms with Crippen LogP contribution in [-0.4, -0.2) is 34.9 Å². The van der Waals surface area contributed by atoms with Crippen molar-refractivity contribution >= 4 is 11.6 Å². The zero-order valence-corrected chi connectivity index (χ0v) is 16.1. The van der Waals surface area contributed by atoms with Gasteiger partial charge in [0.2, 0.25) is 0 Å². The number of carbonyl (C=O) groups is 1. The Morgan fingerprint density at radius 2 is 1.81 bits per heavy atom. The van der Waals surface area contributed by atoms with E-state index in [0.717, 1.165) is 24.5 Å². The number of hydrogen-bond acceptors (Lipinski definition) is 2. The first kappa shape index (κ1) is 18.5. The molecule has 6 heteroatoms. The first-order chi connectivity index (χ1) is 12.4. The van der Waals surface area contributed by atoms with E-state index in [4.69, 9.17) is 0 Å². The van der Waals surface area contributed by atoms with Gasteiger partial charge in [0.15, 0.2) is 6.54 Å². The molecule has 0 bridgehead atoms. The van der Waals surface area contributed by atoms with Crippen LogP contribution < -0.4 is 15.8 Å². The van der Waals surface area contributed by atoms with E-state index < -0.39 is 0 Å². The van der Waals surface area contributed by atoms with Crippen LogP contribution in [0.15, 0.2) is 35.1 Å². The van der Waals surface area contributed by atoms with Gasteiger partial charge in [0, 0.05) is 18.9 Å². The summed E-state index contributed by atoms with van der Waals surface area (Å²) in [6.07, 6.45) is 1.23. The molecule has 1 aromatic carbocycles. The average Bonchev–Trinajstić information content (AvgIpc) is 2.78. The van der Waals surface area contributed by atoms with Crippen molar-refractivity contribution in [2.24, 2.45) is 18.9 Å². The van der Waals surface area contributed by atoms with Gasteiger partial charge >= 0.3 is 0 Å². The first-order valence-corrected chi connectivity index (χ1v) is 9.34. The van der Waals surface area contributed by atoms with Crippen LogP contribution >= 0.6 is 0 Å². The van der Waals surface area contributed by atoms with E-state index in [1.807, 2.05) is 44.3 Å². The lowest BCUT2D eigenvalue weighted by molar-refractivity contribution is -0.904. The van der Waals surface area contributed by atoms with Gasteiger partial charge in [-0.15, -0.1) is 0 Å². The molecule has 2 N–H and O–H groups in total. The topological polar surface area (TPSA) is 60.5 Å². The molecule has 3 rings (SSSR count). The smallest absolute Gasteiger partial charge is 0.295 e. The molecule has 2 aromatic rings. The van der Waals surface area contributed by atoms with Crippen molar-refractivity contribution in [2.45, 2.75) is 27.2 Å². The Morgan fingerprint density at radius 1 is 1.19 bits per heavy atom. The molecule has 1 aromatic heterocycles. The van der Waals surface area contributed by atoms with Crippen LogP contribution in [0.3, 0.4) is 0 Å². The zero-order chi connectivity index (χ0) is 18.8. The molecule has 140 valence electrons. The number of hydrogen-bond donors (Lipinski definition) is 2. The highest BCUT2D eigenvalue weighted by Crippen LogP contribution is 2.14. The molecule has 1 aliphatic heterocycles. The van der Waals surface area contributed by atoms with Crippen molar-refractivity contribution in [3.63, 3.8) is 0 Å². The monoisotopic (exact) mass is 357 g/mol. The zero-order valence-electron chi connectivity index (χ0n) is 16.1. The number of carbonyl (C=O) groups excluding carboxylic acids is 1. The van der Waals surface area contributed by atoms with Gasteiger partial charge in [-0.1, -0.05) is 32.0 Å². The minimum absolute atomic E-state index is 0.0905. The Kier molecular flexibility index (Phi) is 5.32. The number of nitrogens with zero attached hydrogens (tertiary/aromatic N) is 2. The second-order valence-corrected chi connectivity index (χ2v) is 7.77. The van der Waals surface area contributed by atoms with E-state index in [0.29, 0.717) is 24.1 Å². The molecule has 0 spiro atoms. The van der Waals surface area contributed by atoms with E-state index in [2.05, 4.69) is 19.2 Å². The fraction of sp³-hybridized carbons (Fsp3) is 0.500. The van der Waals surface area contributed by atoms with Gasteiger partial charge in [-0.2, -0.15) is 0 Å². The van der Waals surface area contributed by atoms with Crippen molar-refractivity contribution in [3.05, 3.63) is 46.4 Å². The predicted molar refractivity (Wildman–Crippen MR) is 103 cm³/mol. The largest absolute Gasteiger partial charge is 0.327 e. The van der Waals surface area contributed by atoms with Gasteiger partial charge in [0.25, 0.3) is 11.5 Å². The standard InChI is InChI=1S/C20H28N4O2/c1-14-10-15(2)12-23(11-14)13-18(25)21-19-16(3)22(4)24(20(19)26)17-8-6-5-7-9-17/h5-9,14-15H,10-13H2,1-4H3,(H,21,25)/p+1/t14-,15-/m0/s1. The molecule has 0 aliphatic carbocycles. The predicted octanol–water partition coefficient (Wildman–Crippen LogP) is 0.984. The number of likely N-dealkylation sites (tertiary alicyclic amines) is 1. The van der Waals surface area contributed by atoms with Crippen LogP contribution in [0.2, 0.25) is 0 Å². The van der Waals surface area contributed by atoms with Gasteiger partial charge in [-0.25, -0.2) is 4.68 Å². The lowest BCUT2D eigenvalue weighted by Gasteiger charge is -2.31. The highest BCUT2D eigenvalue weighted by atomic mass is 16.2. The third-order valence-corrected chi connectivity index (χ3v) is 5.31. The number of quaternary nitrogens is 1. The summed E-state index contributed by atoms with van der Waals surface area (Å²) in [6.45, 7) is 8.78. The Hall–Kier alpha value is -2.34. The van der Waals surface area contributed by atoms with E-state index in [-0.39, 0.29) is 11.5 Å². The summed E-state index contributed by atoms with van der Waals surface area (Å²) >= 11 is 0. The normalized spacial score (nSPS) is 23.0. The molecule has 0 unspecified atom stereocenters. The van der Waals surface area contributed by atoms with E-state index >= 15 is 0 Å². The summed E-state index contributed by atoms with van der Waals surface area (Å²) in [7, 11) is 1.83. The fourth-order valence-corrected chi connectivity index (χ4v) is 4.19. The van der Waals surface area contributed by atoms with Crippen LogP contribution in [0.5, 0.6) is 0 Å². The van der Waals surface area contributed by atoms with Crippen LogP contribution in [0.25, 0.3) is 5.69 Å². The Balaban J connectivity index is 1.78. The molecule has 2 heterocycles. The van der Waals surface area contributed by atoms with E-state index in [9.17, 15) is 9.59 Å². The van der Waals surface area contributed by atoms with Gasteiger partial charge < -0.3 is 10.2 Å². The van der Waals surface area contributed by atoms with Crippen molar-refractivity contribution < 1.29 is 9.69 Å². The van der Waals surface area contributed by atoms with Gasteiger partial charge in [-0.3, -0.25) is 14.3 Å². The Bertz CT molecular complexity index is 827. The minimum atomic E-state index is -0.195. The molecule has 2 atom stereocenters. The molecule has 1 amide bonds. The van der Waals surface area contributed by atoms with Gasteiger partial charge in [0.1, 0.15) is 5.69 Å².